The van der Waals surface area contributed by atoms with E-state index in [-0.39, 0.29) is 12.4 Å². The number of aliphatic hydroxyl groups excluding tert-OH is 1. The second-order valence-electron chi connectivity index (χ2n) is 8.60. The van der Waals surface area contributed by atoms with Gasteiger partial charge in [0.15, 0.2) is 5.78 Å². The molecule has 1 aliphatic heterocycles. The van der Waals surface area contributed by atoms with Gasteiger partial charge in [0.2, 0.25) is 0 Å². The maximum atomic E-state index is 12.2. The summed E-state index contributed by atoms with van der Waals surface area (Å²) < 4.78 is 0.989. The number of fused-ring (bicyclic) bond motifs is 1. The number of carbonyl (C=O) groups excluding carboxylic acids is 1. The van der Waals surface area contributed by atoms with Gasteiger partial charge >= 0.3 is 0 Å². The summed E-state index contributed by atoms with van der Waals surface area (Å²) in [5.41, 5.74) is 2.49. The third kappa shape index (κ3) is 4.65. The number of pyridine rings is 1. The summed E-state index contributed by atoms with van der Waals surface area (Å²) in [4.78, 5) is 19.2. The zero-order chi connectivity index (χ0) is 20.4. The van der Waals surface area contributed by atoms with Crippen molar-refractivity contribution in [3.8, 4) is 0 Å². The number of aromatic nitrogens is 1. The molecule has 1 aromatic carbocycles. The van der Waals surface area contributed by atoms with Crippen molar-refractivity contribution in [2.75, 3.05) is 25.0 Å². The lowest BCUT2D eigenvalue weighted by Gasteiger charge is -2.34. The highest BCUT2D eigenvalue weighted by atomic mass is 79.9. The summed E-state index contributed by atoms with van der Waals surface area (Å²) in [5, 5.41) is 14.3. The summed E-state index contributed by atoms with van der Waals surface area (Å²) in [7, 11) is 0. The Kier molecular flexibility index (Phi) is 6.52. The number of benzene rings is 1. The Hall–Kier alpha value is -1.50. The SMILES string of the molecule is CC(=O)c1cnc2ccc(Br)cc2c1N[C@H]1CC[C@H](CN2CCC[C@H]2CO)CC1. The van der Waals surface area contributed by atoms with Crippen LogP contribution >= 0.6 is 15.9 Å². The quantitative estimate of drug-likeness (QED) is 0.616. The van der Waals surface area contributed by atoms with E-state index >= 15 is 0 Å². The normalized spacial score (nSPS) is 25.4. The molecule has 0 bridgehead atoms. The van der Waals surface area contributed by atoms with Gasteiger partial charge in [0.1, 0.15) is 0 Å². The van der Waals surface area contributed by atoms with Gasteiger partial charge < -0.3 is 10.4 Å². The Morgan fingerprint density at radius 3 is 2.79 bits per heavy atom. The highest BCUT2D eigenvalue weighted by Gasteiger charge is 2.29. The van der Waals surface area contributed by atoms with Gasteiger partial charge in [-0.25, -0.2) is 0 Å². The highest BCUT2D eigenvalue weighted by molar-refractivity contribution is 9.10. The van der Waals surface area contributed by atoms with E-state index in [1.165, 1.54) is 19.3 Å². The molecule has 1 saturated heterocycles. The molecule has 2 fully saturated rings. The maximum Gasteiger partial charge on any atom is 0.163 e. The lowest BCUT2D eigenvalue weighted by molar-refractivity contribution is 0.101. The van der Waals surface area contributed by atoms with Crippen molar-refractivity contribution in [2.24, 2.45) is 5.92 Å². The molecule has 2 aliphatic rings. The van der Waals surface area contributed by atoms with E-state index < -0.39 is 0 Å². The van der Waals surface area contributed by atoms with Crippen LogP contribution in [0, 0.1) is 5.92 Å². The molecule has 2 aromatic rings. The molecule has 1 saturated carbocycles. The van der Waals surface area contributed by atoms with Crippen LogP contribution in [0.1, 0.15) is 55.8 Å². The molecule has 0 spiro atoms. The van der Waals surface area contributed by atoms with Crippen molar-refractivity contribution in [1.82, 2.24) is 9.88 Å². The first-order valence-corrected chi connectivity index (χ1v) is 11.5. The molecule has 2 heterocycles. The largest absolute Gasteiger partial charge is 0.395 e. The molecule has 4 rings (SSSR count). The molecule has 5 nitrogen and oxygen atoms in total. The number of nitrogens with one attached hydrogen (secondary N) is 1. The summed E-state index contributed by atoms with van der Waals surface area (Å²) >= 11 is 3.55. The van der Waals surface area contributed by atoms with Crippen molar-refractivity contribution >= 4 is 38.3 Å². The highest BCUT2D eigenvalue weighted by Crippen LogP contribution is 2.34. The second kappa shape index (κ2) is 9.11. The van der Waals surface area contributed by atoms with Crippen molar-refractivity contribution < 1.29 is 9.90 Å². The molecular weight excluding hydrogens is 430 g/mol. The van der Waals surface area contributed by atoms with Crippen LogP contribution < -0.4 is 5.32 Å². The number of ketones is 1. The first-order valence-electron chi connectivity index (χ1n) is 10.8. The van der Waals surface area contributed by atoms with Crippen molar-refractivity contribution in [3.63, 3.8) is 0 Å². The lowest BCUT2D eigenvalue weighted by Crippen LogP contribution is -2.38. The smallest absolute Gasteiger partial charge is 0.163 e. The van der Waals surface area contributed by atoms with Gasteiger partial charge in [-0.15, -0.1) is 0 Å². The van der Waals surface area contributed by atoms with E-state index in [4.69, 9.17) is 0 Å². The number of nitrogens with zero attached hydrogens (tertiary/aromatic N) is 2. The van der Waals surface area contributed by atoms with Crippen LogP contribution in [0.5, 0.6) is 0 Å². The van der Waals surface area contributed by atoms with Gasteiger partial charge in [0.25, 0.3) is 0 Å². The molecular formula is C23H30BrN3O2. The van der Waals surface area contributed by atoms with E-state index in [9.17, 15) is 9.90 Å². The Morgan fingerprint density at radius 2 is 2.07 bits per heavy atom. The minimum atomic E-state index is 0.0413. The maximum absolute atomic E-state index is 12.2. The Bertz CT molecular complexity index is 880. The zero-order valence-electron chi connectivity index (χ0n) is 17.0. The molecule has 1 aliphatic carbocycles. The fourth-order valence-electron chi connectivity index (χ4n) is 4.95. The standard InChI is InChI=1S/C23H30BrN3O2/c1-15(29)21-12-25-22-9-6-17(24)11-20(22)23(21)26-18-7-4-16(5-8-18)13-27-10-2-3-19(27)14-28/h6,9,11-12,16,18-19,28H,2-5,7-8,10,13-14H2,1H3,(H,25,26)/t16-,18-,19-/m0/s1. The lowest BCUT2D eigenvalue weighted by atomic mass is 9.85. The summed E-state index contributed by atoms with van der Waals surface area (Å²) in [5.74, 6) is 0.746. The minimum absolute atomic E-state index is 0.0413. The second-order valence-corrected chi connectivity index (χ2v) is 9.52. The average molecular weight is 460 g/mol. The van der Waals surface area contributed by atoms with Crippen LogP contribution in [0.15, 0.2) is 28.9 Å². The number of carbonyl (C=O) groups is 1. The Labute approximate surface area is 181 Å². The molecule has 156 valence electrons. The fraction of sp³-hybridized carbons (Fsp3) is 0.565. The number of hydrogen-bond donors (Lipinski definition) is 2. The van der Waals surface area contributed by atoms with Gasteiger partial charge in [-0.05, 0) is 76.1 Å². The van der Waals surface area contributed by atoms with E-state index in [0.29, 0.717) is 23.6 Å². The third-order valence-electron chi connectivity index (χ3n) is 6.61. The molecule has 29 heavy (non-hydrogen) atoms. The summed E-state index contributed by atoms with van der Waals surface area (Å²) in [6, 6.07) is 6.76. The summed E-state index contributed by atoms with van der Waals surface area (Å²) in [6.07, 6.45) is 8.64. The predicted octanol–water partition coefficient (Wildman–Crippen LogP) is 4.63. The molecule has 1 aromatic heterocycles. The molecule has 6 heteroatoms. The number of Topliss-reactive ketones (excluding diaryl/α,β-unsaturated/α-hetero) is 1. The number of halogens is 1. The van der Waals surface area contributed by atoms with E-state index in [1.54, 1.807) is 13.1 Å². The van der Waals surface area contributed by atoms with Crippen LogP contribution in [-0.2, 0) is 0 Å². The number of rotatable bonds is 6. The van der Waals surface area contributed by atoms with Gasteiger partial charge in [-0.3, -0.25) is 14.7 Å². The Balaban J connectivity index is 1.45. The van der Waals surface area contributed by atoms with Gasteiger partial charge in [-0.1, -0.05) is 15.9 Å². The van der Waals surface area contributed by atoms with Crippen molar-refractivity contribution in [3.05, 3.63) is 34.4 Å². The Morgan fingerprint density at radius 1 is 1.28 bits per heavy atom. The number of likely N-dealkylation sites (tertiary alicyclic amines) is 1. The number of hydrogen-bond acceptors (Lipinski definition) is 5. The van der Waals surface area contributed by atoms with Crippen molar-refractivity contribution in [2.45, 2.75) is 57.5 Å². The molecule has 0 radical (unpaired) electrons. The zero-order valence-corrected chi connectivity index (χ0v) is 18.6. The molecule has 0 unspecified atom stereocenters. The summed E-state index contributed by atoms with van der Waals surface area (Å²) in [6.45, 7) is 4.14. The fourth-order valence-corrected chi connectivity index (χ4v) is 5.32. The minimum Gasteiger partial charge on any atom is -0.395 e. The molecule has 0 amide bonds. The van der Waals surface area contributed by atoms with Gasteiger partial charge in [0.05, 0.1) is 23.4 Å². The first-order chi connectivity index (χ1) is 14.0. The molecule has 1 atom stereocenters. The molecule has 2 N–H and O–H groups in total. The van der Waals surface area contributed by atoms with E-state index in [1.807, 2.05) is 18.2 Å². The van der Waals surface area contributed by atoms with Gasteiger partial charge in [0, 0.05) is 34.7 Å². The average Bonchev–Trinajstić information content (AvgIpc) is 3.16. The van der Waals surface area contributed by atoms with E-state index in [0.717, 1.165) is 53.4 Å². The van der Waals surface area contributed by atoms with E-state index in [2.05, 4.69) is 31.1 Å². The van der Waals surface area contributed by atoms with Gasteiger partial charge in [-0.2, -0.15) is 0 Å². The third-order valence-corrected chi connectivity index (χ3v) is 7.10. The van der Waals surface area contributed by atoms with Crippen LogP contribution in [0.4, 0.5) is 5.69 Å². The van der Waals surface area contributed by atoms with Crippen LogP contribution in [0.3, 0.4) is 0 Å². The first kappa shape index (κ1) is 20.8. The number of anilines is 1. The van der Waals surface area contributed by atoms with Crippen LogP contribution in [0.25, 0.3) is 10.9 Å². The number of aliphatic hydroxyl groups is 1. The predicted molar refractivity (Wildman–Crippen MR) is 120 cm³/mol. The van der Waals surface area contributed by atoms with Crippen LogP contribution in [0.2, 0.25) is 0 Å². The monoisotopic (exact) mass is 459 g/mol. The van der Waals surface area contributed by atoms with Crippen LogP contribution in [-0.4, -0.2) is 52.6 Å². The van der Waals surface area contributed by atoms with Crippen molar-refractivity contribution in [1.29, 1.82) is 0 Å². The topological polar surface area (TPSA) is 65.5 Å².